The Morgan fingerprint density at radius 3 is 2.81 bits per heavy atom. The lowest BCUT2D eigenvalue weighted by atomic mass is 10.2. The number of rotatable bonds is 2. The number of aryl methyl sites for hydroxylation is 1. The number of benzene rings is 1. The van der Waals surface area contributed by atoms with Crippen molar-refractivity contribution in [2.75, 3.05) is 5.73 Å². The van der Waals surface area contributed by atoms with Crippen molar-refractivity contribution in [2.45, 2.75) is 6.92 Å². The van der Waals surface area contributed by atoms with Crippen molar-refractivity contribution in [2.24, 2.45) is 0 Å². The van der Waals surface area contributed by atoms with Crippen molar-refractivity contribution in [3.63, 3.8) is 0 Å². The van der Waals surface area contributed by atoms with Gasteiger partial charge in [0.15, 0.2) is 0 Å². The van der Waals surface area contributed by atoms with Crippen molar-refractivity contribution in [1.29, 1.82) is 0 Å². The Labute approximate surface area is 98.0 Å². The number of ether oxygens (including phenoxy) is 1. The van der Waals surface area contributed by atoms with Gasteiger partial charge in [-0.05, 0) is 30.7 Å². The molecule has 2 N–H and O–H groups in total. The monoisotopic (exact) mass is 235 g/mol. The van der Waals surface area contributed by atoms with Crippen LogP contribution in [-0.2, 0) is 0 Å². The van der Waals surface area contributed by atoms with Crippen LogP contribution < -0.4 is 10.5 Å². The van der Waals surface area contributed by atoms with Crippen molar-refractivity contribution < 1.29 is 4.74 Å². The van der Waals surface area contributed by atoms with Gasteiger partial charge >= 0.3 is 0 Å². The molecule has 4 nitrogen and oxygen atoms in total. The Morgan fingerprint density at radius 2 is 2.12 bits per heavy atom. The first-order valence-electron chi connectivity index (χ1n) is 4.67. The van der Waals surface area contributed by atoms with Gasteiger partial charge in [-0.15, -0.1) is 0 Å². The molecule has 1 heterocycles. The Hall–Kier alpha value is -1.81. The average Bonchev–Trinajstić information content (AvgIpc) is 2.22. The van der Waals surface area contributed by atoms with Crippen LogP contribution in [0.1, 0.15) is 5.56 Å². The fourth-order valence-corrected chi connectivity index (χ4v) is 1.48. The number of nitrogen functional groups attached to an aromatic ring is 1. The highest BCUT2D eigenvalue weighted by atomic mass is 35.5. The Morgan fingerprint density at radius 1 is 1.31 bits per heavy atom. The molecule has 2 aromatic rings. The van der Waals surface area contributed by atoms with Crippen molar-refractivity contribution in [3.8, 4) is 11.6 Å². The molecule has 0 bridgehead atoms. The van der Waals surface area contributed by atoms with E-state index < -0.39 is 0 Å². The molecule has 0 fully saturated rings. The fourth-order valence-electron chi connectivity index (χ4n) is 1.25. The molecule has 2 rings (SSSR count). The minimum Gasteiger partial charge on any atom is -0.439 e. The van der Waals surface area contributed by atoms with Crippen LogP contribution in [0.5, 0.6) is 11.6 Å². The number of hydrogen-bond donors (Lipinski definition) is 1. The maximum absolute atomic E-state index is 5.84. The molecule has 1 aromatic heterocycles. The molecular formula is C11H10ClN3O. The predicted octanol–water partition coefficient (Wildman–Crippen LogP) is 2.81. The van der Waals surface area contributed by atoms with Crippen LogP contribution in [-0.4, -0.2) is 9.97 Å². The van der Waals surface area contributed by atoms with E-state index in [0.717, 1.165) is 5.56 Å². The Bertz CT molecular complexity index is 516. The molecule has 82 valence electrons. The topological polar surface area (TPSA) is 61.0 Å². The van der Waals surface area contributed by atoms with E-state index in [2.05, 4.69) is 9.97 Å². The van der Waals surface area contributed by atoms with Crippen LogP contribution in [0.25, 0.3) is 0 Å². The summed E-state index contributed by atoms with van der Waals surface area (Å²) in [6.45, 7) is 1.91. The van der Waals surface area contributed by atoms with Crippen molar-refractivity contribution in [3.05, 3.63) is 41.0 Å². The minimum absolute atomic E-state index is 0.184. The van der Waals surface area contributed by atoms with Gasteiger partial charge in [0.2, 0.25) is 11.8 Å². The van der Waals surface area contributed by atoms with E-state index >= 15 is 0 Å². The van der Waals surface area contributed by atoms with Gasteiger partial charge in [0.1, 0.15) is 5.75 Å². The molecule has 0 saturated carbocycles. The van der Waals surface area contributed by atoms with E-state index in [1.54, 1.807) is 24.4 Å². The molecule has 0 atom stereocenters. The first-order chi connectivity index (χ1) is 7.65. The van der Waals surface area contributed by atoms with Crippen LogP contribution in [0.3, 0.4) is 0 Å². The molecule has 16 heavy (non-hydrogen) atoms. The summed E-state index contributed by atoms with van der Waals surface area (Å²) in [7, 11) is 0. The largest absolute Gasteiger partial charge is 0.439 e. The van der Waals surface area contributed by atoms with Crippen LogP contribution in [0, 0.1) is 6.92 Å². The molecule has 0 aliphatic rings. The number of nitrogens with two attached hydrogens (primary N) is 1. The summed E-state index contributed by atoms with van der Waals surface area (Å²) < 4.78 is 5.56. The van der Waals surface area contributed by atoms with E-state index in [1.807, 2.05) is 13.0 Å². The van der Waals surface area contributed by atoms with E-state index in [4.69, 9.17) is 22.1 Å². The summed E-state index contributed by atoms with van der Waals surface area (Å²) in [5, 5.41) is 0.673. The normalized spacial score (nSPS) is 10.1. The van der Waals surface area contributed by atoms with Gasteiger partial charge in [0.05, 0.1) is 0 Å². The second-order valence-electron chi connectivity index (χ2n) is 3.26. The summed E-state index contributed by atoms with van der Waals surface area (Å²) in [5.41, 5.74) is 6.39. The van der Waals surface area contributed by atoms with E-state index in [9.17, 15) is 0 Å². The number of nitrogens with zero attached hydrogens (tertiary/aromatic N) is 2. The molecular weight excluding hydrogens is 226 g/mol. The van der Waals surface area contributed by atoms with Gasteiger partial charge in [-0.1, -0.05) is 11.6 Å². The van der Waals surface area contributed by atoms with Gasteiger partial charge in [-0.25, -0.2) is 4.98 Å². The molecule has 0 unspecified atom stereocenters. The standard InChI is InChI=1S/C11H10ClN3O/c1-7-6-8(12)2-3-9(7)16-10-4-5-14-11(13)15-10/h2-6H,1H3,(H2,13,14,15). The molecule has 0 aliphatic heterocycles. The minimum atomic E-state index is 0.184. The van der Waals surface area contributed by atoms with Crippen molar-refractivity contribution in [1.82, 2.24) is 9.97 Å². The molecule has 0 radical (unpaired) electrons. The zero-order valence-electron chi connectivity index (χ0n) is 8.64. The second-order valence-corrected chi connectivity index (χ2v) is 3.70. The molecule has 1 aromatic carbocycles. The third-order valence-corrected chi connectivity index (χ3v) is 2.24. The van der Waals surface area contributed by atoms with Crippen LogP contribution in [0.2, 0.25) is 5.02 Å². The van der Waals surface area contributed by atoms with E-state index in [-0.39, 0.29) is 5.95 Å². The predicted molar refractivity (Wildman–Crippen MR) is 62.7 cm³/mol. The fraction of sp³-hybridized carbons (Fsp3) is 0.0909. The quantitative estimate of drug-likeness (QED) is 0.870. The number of aromatic nitrogens is 2. The SMILES string of the molecule is Cc1cc(Cl)ccc1Oc1ccnc(N)n1. The van der Waals surface area contributed by atoms with Crippen LogP contribution >= 0.6 is 11.6 Å². The first kappa shape index (κ1) is 10.7. The van der Waals surface area contributed by atoms with Gasteiger partial charge in [0.25, 0.3) is 0 Å². The summed E-state index contributed by atoms with van der Waals surface area (Å²) in [4.78, 5) is 7.73. The van der Waals surface area contributed by atoms with E-state index in [1.165, 1.54) is 0 Å². The maximum atomic E-state index is 5.84. The summed E-state index contributed by atoms with van der Waals surface area (Å²) in [6.07, 6.45) is 1.54. The zero-order valence-corrected chi connectivity index (χ0v) is 9.40. The van der Waals surface area contributed by atoms with Crippen LogP contribution in [0.4, 0.5) is 5.95 Å². The van der Waals surface area contributed by atoms with E-state index in [0.29, 0.717) is 16.7 Å². The highest BCUT2D eigenvalue weighted by molar-refractivity contribution is 6.30. The van der Waals surface area contributed by atoms with Gasteiger partial charge < -0.3 is 10.5 Å². The summed E-state index contributed by atoms with van der Waals surface area (Å²) in [6, 6.07) is 7.01. The third kappa shape index (κ3) is 2.41. The molecule has 0 spiro atoms. The van der Waals surface area contributed by atoms with Gasteiger partial charge in [-0.2, -0.15) is 4.98 Å². The summed E-state index contributed by atoms with van der Waals surface area (Å²) >= 11 is 5.84. The van der Waals surface area contributed by atoms with Crippen molar-refractivity contribution >= 4 is 17.5 Å². The zero-order chi connectivity index (χ0) is 11.5. The van der Waals surface area contributed by atoms with Crippen LogP contribution in [0.15, 0.2) is 30.5 Å². The number of anilines is 1. The number of halogens is 1. The highest BCUT2D eigenvalue weighted by Gasteiger charge is 2.03. The summed E-state index contributed by atoms with van der Waals surface area (Å²) in [5.74, 6) is 1.30. The first-order valence-corrected chi connectivity index (χ1v) is 5.05. The molecule has 5 heteroatoms. The Balaban J connectivity index is 2.27. The molecule has 0 aliphatic carbocycles. The third-order valence-electron chi connectivity index (χ3n) is 2.00. The lowest BCUT2D eigenvalue weighted by molar-refractivity contribution is 0.459. The average molecular weight is 236 g/mol. The Kier molecular flexibility index (Phi) is 2.92. The lowest BCUT2D eigenvalue weighted by Crippen LogP contribution is -1.96. The molecule has 0 amide bonds. The van der Waals surface area contributed by atoms with Gasteiger partial charge in [-0.3, -0.25) is 0 Å². The lowest BCUT2D eigenvalue weighted by Gasteiger charge is -2.07. The second kappa shape index (κ2) is 4.37. The maximum Gasteiger partial charge on any atom is 0.224 e. The highest BCUT2D eigenvalue weighted by Crippen LogP contribution is 2.25. The number of hydrogen-bond acceptors (Lipinski definition) is 4. The smallest absolute Gasteiger partial charge is 0.224 e. The molecule has 0 saturated heterocycles. The van der Waals surface area contributed by atoms with Gasteiger partial charge in [0, 0.05) is 17.3 Å².